The van der Waals surface area contributed by atoms with Crippen molar-refractivity contribution in [1.29, 1.82) is 0 Å². The third kappa shape index (κ3) is 25.6. The Labute approximate surface area is 953 Å². The summed E-state index contributed by atoms with van der Waals surface area (Å²) in [7, 11) is 13.7. The van der Waals surface area contributed by atoms with Crippen molar-refractivity contribution >= 4 is 34.7 Å². The van der Waals surface area contributed by atoms with E-state index >= 15 is 0 Å². The number of piperidine rings is 6. The van der Waals surface area contributed by atoms with Crippen LogP contribution in [0, 0.1) is 70.9 Å². The lowest BCUT2D eigenvalue weighted by atomic mass is 9.79. The fourth-order valence-electron chi connectivity index (χ4n) is 15.5. The number of ketones is 6. The molecule has 6 aromatic rings. The predicted molar refractivity (Wildman–Crippen MR) is 555 cm³/mol. The maximum absolute atomic E-state index is 13.9. The highest BCUT2D eigenvalue weighted by Gasteiger charge is 2.47. The second kappa shape index (κ2) is 50.0. The van der Waals surface area contributed by atoms with Gasteiger partial charge in [0, 0.05) is 274 Å². The van der Waals surface area contributed by atoms with Gasteiger partial charge in [-0.1, -0.05) is 102 Å². The molecular formula is C117H168N6O18. The van der Waals surface area contributed by atoms with Gasteiger partial charge in [-0.3, -0.25) is 58.2 Å². The molecule has 6 fully saturated rings. The zero-order chi connectivity index (χ0) is 172. The Morgan fingerprint density at radius 2 is 0.589 bits per heavy atom. The average molecular weight is 2030 g/mol. The minimum Gasteiger partial charge on any atom is -0.493 e. The maximum atomic E-state index is 13.9. The van der Waals surface area contributed by atoms with Crippen LogP contribution in [0.5, 0.6) is 69.0 Å². The minimum absolute atomic E-state index is 0.0386. The van der Waals surface area contributed by atoms with Crippen LogP contribution in [0.1, 0.15) is 390 Å². The molecule has 0 amide bonds. The second-order valence-corrected chi connectivity index (χ2v) is 33.1. The highest BCUT2D eigenvalue weighted by molar-refractivity contribution is 5.86. The summed E-state index contributed by atoms with van der Waals surface area (Å²) in [5.41, 5.74) is -8.56. The van der Waals surface area contributed by atoms with E-state index in [0.717, 1.165) is 56.9 Å². The van der Waals surface area contributed by atoms with Gasteiger partial charge in [0.2, 0.25) is 0 Å². The molecule has 18 rings (SSSR count). The second-order valence-electron chi connectivity index (χ2n) is 33.1. The van der Waals surface area contributed by atoms with Gasteiger partial charge in [0.15, 0.2) is 69.0 Å². The summed E-state index contributed by atoms with van der Waals surface area (Å²) in [6.45, 7) is -32.8. The van der Waals surface area contributed by atoms with Gasteiger partial charge in [0.1, 0.15) is 34.7 Å². The predicted octanol–water partition coefficient (Wildman–Crippen LogP) is 20.6. The molecule has 0 N–H and O–H groups in total. The smallest absolute Gasteiger partial charge is 0.161 e. The van der Waals surface area contributed by atoms with Crippen molar-refractivity contribution in [2.45, 2.75) is 253 Å². The number of hydrogen-bond acceptors (Lipinski definition) is 24. The van der Waals surface area contributed by atoms with Crippen molar-refractivity contribution in [3.05, 3.63) is 139 Å². The fraction of sp³-hybridized carbons (Fsp3) is 0.641. The van der Waals surface area contributed by atoms with Crippen LogP contribution in [-0.2, 0) is 67.0 Å². The Bertz CT molecular complexity index is 9420. The summed E-state index contributed by atoms with van der Waals surface area (Å²) >= 11 is 0. The van der Waals surface area contributed by atoms with Crippen molar-refractivity contribution in [2.24, 2.45) is 70.9 Å². The van der Waals surface area contributed by atoms with Crippen molar-refractivity contribution in [2.75, 3.05) is 163 Å². The van der Waals surface area contributed by atoms with Gasteiger partial charge >= 0.3 is 0 Å². The molecule has 24 heteroatoms. The molecule has 141 heavy (non-hydrogen) atoms. The lowest BCUT2D eigenvalue weighted by Crippen LogP contribution is -2.46. The fourth-order valence-corrected chi connectivity index (χ4v) is 15.5. The van der Waals surface area contributed by atoms with Crippen LogP contribution in [-0.4, -0.2) is 228 Å². The van der Waals surface area contributed by atoms with Gasteiger partial charge in [-0.25, -0.2) is 0 Å². The number of carbonyl (C=O) groups excluding carboxylic acids is 6. The van der Waals surface area contributed by atoms with Gasteiger partial charge in [0.05, 0.1) is 107 Å². The number of aryl methyl sites for hydroxylation is 1. The van der Waals surface area contributed by atoms with E-state index < -0.39 is 506 Å². The first-order valence-electron chi connectivity index (χ1n) is 83.6. The molecule has 6 aromatic carbocycles. The summed E-state index contributed by atoms with van der Waals surface area (Å²) in [5, 5.41) is 0. The number of fused-ring (bicyclic) bond motifs is 18. The monoisotopic (exact) mass is 2020 g/mol. The van der Waals surface area contributed by atoms with Crippen molar-refractivity contribution < 1.29 is 194 Å². The topological polar surface area (TPSA) is 233 Å². The third-order valence-electron chi connectivity index (χ3n) is 22.4. The number of nitrogens with zero attached hydrogens (tertiary/aromatic N) is 6. The van der Waals surface area contributed by atoms with E-state index in [9.17, 15) is 34.3 Å². The first-order chi connectivity index (χ1) is 98.0. The molecular weight excluding hydrogens is 1780 g/mol. The van der Waals surface area contributed by atoms with E-state index in [1.807, 2.05) is 0 Å². The van der Waals surface area contributed by atoms with Crippen LogP contribution in [0.15, 0.2) is 72.6 Å². The molecule has 0 bridgehead atoms. The van der Waals surface area contributed by atoms with Crippen LogP contribution in [0.2, 0.25) is 0 Å². The number of benzene rings is 6. The molecule has 0 radical (unpaired) electrons. The molecule has 12 heterocycles. The van der Waals surface area contributed by atoms with Crippen molar-refractivity contribution in [3.63, 3.8) is 0 Å². The molecule has 24 nitrogen and oxygen atoms in total. The molecule has 0 saturated carbocycles. The van der Waals surface area contributed by atoms with Crippen molar-refractivity contribution in [3.8, 4) is 69.0 Å². The highest BCUT2D eigenvalue weighted by atomic mass is 16.5. The largest absolute Gasteiger partial charge is 0.493 e. The van der Waals surface area contributed by atoms with Crippen LogP contribution >= 0.6 is 0 Å². The summed E-state index contributed by atoms with van der Waals surface area (Å²) in [6, 6.07) is -22.9. The third-order valence-corrected chi connectivity index (χ3v) is 22.4. The molecule has 0 aromatic heterocycles. The number of Topliss-reactive ketones (excluding diaryl/α,β-unsaturated/α-hetero) is 6. The minimum atomic E-state index is -4.14. The van der Waals surface area contributed by atoms with E-state index in [1.54, 1.807) is 41.5 Å². The molecule has 15 unspecified atom stereocenters. The van der Waals surface area contributed by atoms with E-state index in [2.05, 4.69) is 0 Å². The first-order valence-corrected chi connectivity index (χ1v) is 44.1. The number of carbonyl (C=O) groups is 6. The standard InChI is InChI=1S/3C20H29NO3.3C19H27NO3/c3*1-5-13(2)8-15-12-21-7-6-14-9-19(23-3)20(24-4)10-16(14)17(21)11-18(15)22;3*1-12(2)7-14-11-20-6-5-13-8-18(22-3)19(23-4)9-15(13)16(20)10-17(14)21/h3*9-10,13,15,17H,5-8,11-12H2,1-4H3;3*8-9,12,14,16H,5-7,10-11H2,1-4H3/i2D3,5D2,6D2,7D2,8D2,9D,10D,11D2,13D,15D,17D;2D3,5D2,6D2,7D2,8D2,9D,10D,12D2,13D,17D;2D3,5D2,6D2,7D2,8D2,9D,10D,13D,17D;5D2,6D2,8D,9D,10D2,11D2,14D,16D;5D2,6D2,8D,9D,11D2,16D;5D2,6D2,10D2,14D,16D. The van der Waals surface area contributed by atoms with Crippen LogP contribution in [0.3, 0.4) is 0 Å². The summed E-state index contributed by atoms with van der Waals surface area (Å²) in [6.07, 6.45) is -54.1. The van der Waals surface area contributed by atoms with E-state index in [4.69, 9.17) is 160 Å². The highest BCUT2D eigenvalue weighted by Crippen LogP contribution is 2.51. The Kier molecular flexibility index (Phi) is 16.1. The number of rotatable bonds is 27. The van der Waals surface area contributed by atoms with Gasteiger partial charge < -0.3 is 56.8 Å². The molecule has 0 spiro atoms. The molecule has 15 atom stereocenters. The Hall–Kier alpha value is -9.30. The number of methoxy groups -OCH3 is 12. The Morgan fingerprint density at radius 1 is 0.312 bits per heavy atom. The lowest BCUT2D eigenvalue weighted by Gasteiger charge is -2.43. The quantitative estimate of drug-likeness (QED) is 0.0466. The molecule has 774 valence electrons. The van der Waals surface area contributed by atoms with Gasteiger partial charge in [0.25, 0.3) is 0 Å². The van der Waals surface area contributed by atoms with Gasteiger partial charge in [-0.15, -0.1) is 0 Å². The van der Waals surface area contributed by atoms with Crippen LogP contribution < -0.4 is 56.8 Å². The number of ether oxygens (including phenoxy) is 12. The zero-order valence-electron chi connectivity index (χ0n) is 161. The van der Waals surface area contributed by atoms with Crippen molar-refractivity contribution in [1.82, 2.24) is 29.4 Å². The van der Waals surface area contributed by atoms with Gasteiger partial charge in [-0.2, -0.15) is 0 Å². The summed E-state index contributed by atoms with van der Waals surface area (Å²) < 4.78 is 736. The molecule has 6 saturated heterocycles. The van der Waals surface area contributed by atoms with E-state index in [1.165, 1.54) is 40.6 Å². The normalized spacial score (nSPS) is 45.5. The molecule has 12 aliphatic rings. The van der Waals surface area contributed by atoms with Gasteiger partial charge in [-0.05, 0) is 251 Å². The molecule has 12 aliphatic heterocycles. The lowest BCUT2D eigenvalue weighted by molar-refractivity contribution is -0.130. The summed E-state index contributed by atoms with van der Waals surface area (Å²) in [5.74, 6) is -39.7. The Balaban J connectivity index is 0.000000210. The molecule has 0 aliphatic carbocycles. The summed E-state index contributed by atoms with van der Waals surface area (Å²) in [4.78, 5) is 82.3. The maximum Gasteiger partial charge on any atom is 0.161 e. The van der Waals surface area contributed by atoms with Crippen LogP contribution in [0.25, 0.3) is 0 Å². The van der Waals surface area contributed by atoms with Crippen LogP contribution in [0.4, 0.5) is 0 Å². The SMILES string of the molecule is [2H]C1(CC(C)C)CN2C([2H])([2H])C([2H])([2H])c3cc(OC)c(OC)cc3C2([2H])C([2H])([2H])C1=O.[2H]c1c(OC)c(OC)c([2H])c2c1C([2H])([2H])C([2H])([2H])N1C([2H])([2H])C([2H])(CC(C)C)C(=O)C([2H])([2H])C21[2H].[2H]c1c(OC)c(OC)c([2H])c2c1C([2H])([2H])C([2H])([2H])N1CC([2H])(C([2H])([2H])C([2H])(C([2H])([2H])[2H])C([2H])([2H])C)C(=O)C([2H])([2H])C21[2H].[2H]c1c(OC)c(OC)c([2H])c2c1C1([2H])CC(=O)C(C([2H])([2H])C([2H])(C([2H])([2H])[2H])C([2H])([2H])C)C([2H])([2H])N1C([2H])([2H])C2([2H])[2H].[2H]c1c(OC)c(OC)c([2H])c2c1C1([2H])CC(=O)C(C([2H])([2H])C([2H])(C([2H])([2H])[2H])C([2H])([2H])C)CN1C([2H])([2H])C2([2H])[2H].[2H]c1c(OC)c(OC)c([2H])c2c1C1([2H])CC(=O)C(CC(C)C)C([2H])([2H])N1C([2H])([2H])C2([2H])[2H]. The zero-order valence-corrected chi connectivity index (χ0v) is 81.5. The average Bonchev–Trinajstić information content (AvgIpc) is 0.640. The number of hydrogen-bond donors (Lipinski definition) is 0. The van der Waals surface area contributed by atoms with E-state index in [-0.39, 0.29) is 79.3 Å². The van der Waals surface area contributed by atoms with E-state index in [0.29, 0.717) is 35.5 Å². The first kappa shape index (κ1) is 45.4. The Morgan fingerprint density at radius 3 is 0.972 bits per heavy atom.